The highest BCUT2D eigenvalue weighted by molar-refractivity contribution is 8.22. The fraction of sp³-hybridized carbons (Fsp3) is 0.231. The van der Waals surface area contributed by atoms with Crippen LogP contribution in [0, 0.1) is 0 Å². The SMILES string of the molecule is CSC1=C(C=O)C(=O)CC(c2ccccc2)S1. The highest BCUT2D eigenvalue weighted by Crippen LogP contribution is 2.46. The van der Waals surface area contributed by atoms with Crippen molar-refractivity contribution >= 4 is 35.6 Å². The first-order valence-electron chi connectivity index (χ1n) is 5.24. The van der Waals surface area contributed by atoms with Crippen LogP contribution in [0.5, 0.6) is 0 Å². The van der Waals surface area contributed by atoms with Crippen LogP contribution in [0.25, 0.3) is 0 Å². The average Bonchev–Trinajstić information content (AvgIpc) is 2.38. The number of hydrogen-bond acceptors (Lipinski definition) is 4. The van der Waals surface area contributed by atoms with Crippen LogP contribution in [0.2, 0.25) is 0 Å². The molecule has 0 aromatic heterocycles. The predicted octanol–water partition coefficient (Wildman–Crippen LogP) is 3.21. The summed E-state index contributed by atoms with van der Waals surface area (Å²) in [4.78, 5) is 22.7. The van der Waals surface area contributed by atoms with Gasteiger partial charge < -0.3 is 0 Å². The van der Waals surface area contributed by atoms with Crippen molar-refractivity contribution in [3.05, 3.63) is 45.7 Å². The minimum Gasteiger partial charge on any atom is -0.298 e. The summed E-state index contributed by atoms with van der Waals surface area (Å²) in [5.41, 5.74) is 1.48. The van der Waals surface area contributed by atoms with Crippen molar-refractivity contribution in [3.8, 4) is 0 Å². The first-order chi connectivity index (χ1) is 8.26. The molecule has 2 nitrogen and oxygen atoms in total. The van der Waals surface area contributed by atoms with Gasteiger partial charge in [0.1, 0.15) is 0 Å². The Morgan fingerprint density at radius 1 is 1.35 bits per heavy atom. The molecule has 4 heteroatoms. The molecule has 1 aliphatic rings. The lowest BCUT2D eigenvalue weighted by molar-refractivity contribution is -0.117. The largest absolute Gasteiger partial charge is 0.298 e. The van der Waals surface area contributed by atoms with Gasteiger partial charge in [0.15, 0.2) is 12.1 Å². The second-order valence-corrected chi connectivity index (χ2v) is 5.96. The molecule has 0 spiro atoms. The molecule has 0 radical (unpaired) electrons. The minimum absolute atomic E-state index is 0.0445. The molecular weight excluding hydrogens is 252 g/mol. The van der Waals surface area contributed by atoms with E-state index in [0.717, 1.165) is 9.80 Å². The Morgan fingerprint density at radius 2 is 2.06 bits per heavy atom. The third-order valence-corrected chi connectivity index (χ3v) is 5.15. The maximum atomic E-state index is 11.9. The van der Waals surface area contributed by atoms with E-state index in [9.17, 15) is 9.59 Å². The van der Waals surface area contributed by atoms with Gasteiger partial charge in [-0.2, -0.15) is 0 Å². The van der Waals surface area contributed by atoms with Gasteiger partial charge in [0.25, 0.3) is 0 Å². The van der Waals surface area contributed by atoms with Crippen molar-refractivity contribution in [1.29, 1.82) is 0 Å². The van der Waals surface area contributed by atoms with Crippen LogP contribution in [0.3, 0.4) is 0 Å². The summed E-state index contributed by atoms with van der Waals surface area (Å²) in [6, 6.07) is 9.95. The number of hydrogen-bond donors (Lipinski definition) is 0. The van der Waals surface area contributed by atoms with Crippen molar-refractivity contribution in [1.82, 2.24) is 0 Å². The van der Waals surface area contributed by atoms with E-state index in [1.165, 1.54) is 11.8 Å². The van der Waals surface area contributed by atoms with Gasteiger partial charge in [-0.15, -0.1) is 23.5 Å². The van der Waals surface area contributed by atoms with Gasteiger partial charge in [0.05, 0.1) is 9.81 Å². The van der Waals surface area contributed by atoms with Gasteiger partial charge in [-0.05, 0) is 11.8 Å². The van der Waals surface area contributed by atoms with Gasteiger partial charge in [-0.25, -0.2) is 0 Å². The van der Waals surface area contributed by atoms with Crippen molar-refractivity contribution in [3.63, 3.8) is 0 Å². The smallest absolute Gasteiger partial charge is 0.169 e. The topological polar surface area (TPSA) is 34.1 Å². The quantitative estimate of drug-likeness (QED) is 0.620. The standard InChI is InChI=1S/C13H12O2S2/c1-16-13-10(8-14)11(15)7-12(17-13)9-5-3-2-4-6-9/h2-6,8,12H,7H2,1H3. The number of Topliss-reactive ketones (excluding diaryl/α,β-unsaturated/α-hetero) is 1. The van der Waals surface area contributed by atoms with Crippen LogP contribution in [0.15, 0.2) is 40.1 Å². The van der Waals surface area contributed by atoms with Crippen LogP contribution in [-0.2, 0) is 9.59 Å². The van der Waals surface area contributed by atoms with Crippen LogP contribution in [-0.4, -0.2) is 18.3 Å². The molecule has 1 aliphatic heterocycles. The van der Waals surface area contributed by atoms with Crippen LogP contribution < -0.4 is 0 Å². The zero-order valence-electron chi connectivity index (χ0n) is 9.38. The van der Waals surface area contributed by atoms with E-state index in [-0.39, 0.29) is 11.0 Å². The molecule has 0 bridgehead atoms. The van der Waals surface area contributed by atoms with Gasteiger partial charge in [0.2, 0.25) is 0 Å². The zero-order chi connectivity index (χ0) is 12.3. The van der Waals surface area contributed by atoms with E-state index in [4.69, 9.17) is 0 Å². The lowest BCUT2D eigenvalue weighted by Gasteiger charge is -2.23. The third-order valence-electron chi connectivity index (χ3n) is 2.62. The fourth-order valence-corrected chi connectivity index (χ4v) is 3.94. The molecule has 1 aromatic rings. The Bertz CT molecular complexity index is 466. The molecule has 0 N–H and O–H groups in total. The average molecular weight is 264 g/mol. The normalized spacial score (nSPS) is 20.5. The summed E-state index contributed by atoms with van der Waals surface area (Å²) < 4.78 is 0.838. The molecule has 1 aromatic carbocycles. The minimum atomic E-state index is -0.0445. The van der Waals surface area contributed by atoms with E-state index in [0.29, 0.717) is 18.3 Å². The van der Waals surface area contributed by atoms with Crippen LogP contribution in [0.1, 0.15) is 17.2 Å². The van der Waals surface area contributed by atoms with E-state index in [1.807, 2.05) is 36.6 Å². The number of carbonyl (C=O) groups excluding carboxylic acids is 2. The van der Waals surface area contributed by atoms with E-state index in [1.54, 1.807) is 11.8 Å². The summed E-state index contributed by atoms with van der Waals surface area (Å²) in [6.07, 6.45) is 2.99. The monoisotopic (exact) mass is 264 g/mol. The number of aldehydes is 1. The highest BCUT2D eigenvalue weighted by atomic mass is 32.2. The number of benzene rings is 1. The molecule has 1 atom stereocenters. The van der Waals surface area contributed by atoms with Gasteiger partial charge in [0, 0.05) is 11.7 Å². The second kappa shape index (κ2) is 5.56. The molecule has 1 heterocycles. The number of carbonyl (C=O) groups is 2. The number of allylic oxidation sites excluding steroid dienone is 1. The fourth-order valence-electron chi connectivity index (χ4n) is 1.75. The lowest BCUT2D eigenvalue weighted by Crippen LogP contribution is -2.14. The summed E-state index contributed by atoms with van der Waals surface area (Å²) in [5.74, 6) is -0.0445. The lowest BCUT2D eigenvalue weighted by atomic mass is 10.0. The first-order valence-corrected chi connectivity index (χ1v) is 7.35. The Kier molecular flexibility index (Phi) is 4.07. The third kappa shape index (κ3) is 2.64. The summed E-state index contributed by atoms with van der Waals surface area (Å²) in [7, 11) is 0. The molecule has 0 fully saturated rings. The molecule has 88 valence electrons. The molecule has 0 amide bonds. The summed E-state index contributed by atoms with van der Waals surface area (Å²) >= 11 is 3.08. The zero-order valence-corrected chi connectivity index (χ0v) is 11.0. The molecule has 0 saturated heterocycles. The maximum absolute atomic E-state index is 11.9. The molecule has 0 saturated carbocycles. The van der Waals surface area contributed by atoms with E-state index < -0.39 is 0 Å². The summed E-state index contributed by atoms with van der Waals surface area (Å²) in [5, 5.41) is 0.134. The van der Waals surface area contributed by atoms with Gasteiger partial charge >= 0.3 is 0 Å². The maximum Gasteiger partial charge on any atom is 0.169 e. The Morgan fingerprint density at radius 3 is 2.65 bits per heavy atom. The molecule has 1 unspecified atom stereocenters. The molecule has 2 rings (SSSR count). The van der Waals surface area contributed by atoms with Crippen LogP contribution >= 0.6 is 23.5 Å². The first kappa shape index (κ1) is 12.5. The Labute approximate surface area is 109 Å². The Balaban J connectivity index is 2.30. The van der Waals surface area contributed by atoms with Gasteiger partial charge in [-0.3, -0.25) is 9.59 Å². The number of rotatable bonds is 3. The van der Waals surface area contributed by atoms with E-state index in [2.05, 4.69) is 0 Å². The molecule has 0 aliphatic carbocycles. The number of thioether (sulfide) groups is 2. The highest BCUT2D eigenvalue weighted by Gasteiger charge is 2.28. The number of ketones is 1. The van der Waals surface area contributed by atoms with Crippen molar-refractivity contribution in [2.24, 2.45) is 0 Å². The van der Waals surface area contributed by atoms with Crippen LogP contribution in [0.4, 0.5) is 0 Å². The van der Waals surface area contributed by atoms with Crippen molar-refractivity contribution in [2.75, 3.05) is 6.26 Å². The summed E-state index contributed by atoms with van der Waals surface area (Å²) in [6.45, 7) is 0. The predicted molar refractivity (Wildman–Crippen MR) is 73.0 cm³/mol. The second-order valence-electron chi connectivity index (χ2n) is 3.67. The van der Waals surface area contributed by atoms with Crippen molar-refractivity contribution < 1.29 is 9.59 Å². The van der Waals surface area contributed by atoms with Crippen molar-refractivity contribution in [2.45, 2.75) is 11.7 Å². The Hall–Kier alpha value is -1.00. The van der Waals surface area contributed by atoms with Gasteiger partial charge in [-0.1, -0.05) is 30.3 Å². The molecular formula is C13H12O2S2. The van der Waals surface area contributed by atoms with E-state index >= 15 is 0 Å². The molecule has 17 heavy (non-hydrogen) atoms.